The van der Waals surface area contributed by atoms with Gasteiger partial charge in [-0.05, 0) is 6.33 Å². The van der Waals surface area contributed by atoms with E-state index in [2.05, 4.69) is 16.3 Å². The van der Waals surface area contributed by atoms with Gasteiger partial charge in [-0.1, -0.05) is 23.2 Å². The van der Waals surface area contributed by atoms with Crippen molar-refractivity contribution >= 4 is 34.1 Å². The van der Waals surface area contributed by atoms with Crippen molar-refractivity contribution in [2.75, 3.05) is 0 Å². The van der Waals surface area contributed by atoms with Crippen molar-refractivity contribution in [3.63, 3.8) is 0 Å². The zero-order valence-electron chi connectivity index (χ0n) is 5.84. The number of aromatic nitrogens is 2. The number of hydrogen-bond acceptors (Lipinski definition) is 1. The summed E-state index contributed by atoms with van der Waals surface area (Å²) in [6, 6.07) is 7.84. The molecule has 2 aromatic rings. The predicted octanol–water partition coefficient (Wildman–Crippen LogP) is -2.01. The van der Waals surface area contributed by atoms with Crippen LogP contribution in [0.4, 0.5) is 0 Å². The van der Waals surface area contributed by atoms with Gasteiger partial charge in [-0.2, -0.15) is 0 Å². The molecule has 2 nitrogen and oxygen atoms in total. The Morgan fingerprint density at radius 1 is 1.27 bits per heavy atom. The number of aromatic amines is 1. The smallest absolute Gasteiger partial charge is 1.00 e. The van der Waals surface area contributed by atoms with Crippen LogP contribution in [0.15, 0.2) is 24.3 Å². The molecule has 4 heteroatoms. The molecule has 0 aliphatic carbocycles. The van der Waals surface area contributed by atoms with E-state index >= 15 is 0 Å². The van der Waals surface area contributed by atoms with Crippen LogP contribution in [0.1, 0.15) is 0 Å². The summed E-state index contributed by atoms with van der Waals surface area (Å²) in [4.78, 5) is 6.82. The molecule has 2 rings (SSSR count). The van der Waals surface area contributed by atoms with Crippen molar-refractivity contribution in [1.82, 2.24) is 9.97 Å². The molecule has 0 spiro atoms. The Balaban J connectivity index is 0.000000500. The molecule has 0 bridgehead atoms. The number of hydrogen-bond donors (Lipinski definition) is 1. The fraction of sp³-hybridized carbons (Fsp3) is 0. The number of halogens is 1. The molecule has 0 amide bonds. The average molecular weight is 177 g/mol. The first-order valence-electron chi connectivity index (χ1n) is 2.77. The van der Waals surface area contributed by atoms with Gasteiger partial charge in [0.05, 0.1) is 0 Å². The predicted molar refractivity (Wildman–Crippen MR) is 40.7 cm³/mol. The van der Waals surface area contributed by atoms with E-state index in [1.54, 1.807) is 0 Å². The number of fused-ring (bicyclic) bond motifs is 1. The van der Waals surface area contributed by atoms with Gasteiger partial charge < -0.3 is 22.4 Å². The Bertz CT molecular complexity index is 290. The van der Waals surface area contributed by atoms with Crippen LogP contribution in [0.25, 0.3) is 11.0 Å². The first-order chi connectivity index (χ1) is 4.47. The van der Waals surface area contributed by atoms with Crippen LogP contribution in [0, 0.1) is 6.33 Å². The third-order valence-electron chi connectivity index (χ3n) is 1.27. The Morgan fingerprint density at radius 2 is 2.00 bits per heavy atom. The minimum Gasteiger partial charge on any atom is -1.00 e. The standard InChI is InChI=1S/C7H5N2.ClH.Mg/c1-2-4-7-6(3-1)8-5-9-7;;/h1-4H,(H,8,9);1H;/q-1;;+2/p-1. The van der Waals surface area contributed by atoms with Gasteiger partial charge in [-0.15, -0.1) is 12.1 Å². The molecule has 0 saturated heterocycles. The molecule has 11 heavy (non-hydrogen) atoms. The topological polar surface area (TPSA) is 28.7 Å². The van der Waals surface area contributed by atoms with E-state index in [1.807, 2.05) is 24.3 Å². The molecule has 1 aromatic heterocycles. The van der Waals surface area contributed by atoms with Crippen molar-refractivity contribution in [2.24, 2.45) is 0 Å². The zero-order chi connectivity index (χ0) is 6.10. The minimum absolute atomic E-state index is 0. The molecule has 1 heterocycles. The largest absolute Gasteiger partial charge is 2.00 e. The number of benzene rings is 1. The Morgan fingerprint density at radius 3 is 2.73 bits per heavy atom. The second-order valence-electron chi connectivity index (χ2n) is 1.87. The maximum Gasteiger partial charge on any atom is 2.00 e. The number of nitrogens with zero attached hydrogens (tertiary/aromatic N) is 1. The molecule has 1 N–H and O–H groups in total. The van der Waals surface area contributed by atoms with Gasteiger partial charge in [-0.25, -0.2) is 0 Å². The Labute approximate surface area is 87.0 Å². The number of nitrogens with one attached hydrogen (secondary N) is 1. The molecule has 0 radical (unpaired) electrons. The van der Waals surface area contributed by atoms with E-state index in [0.29, 0.717) is 0 Å². The summed E-state index contributed by atoms with van der Waals surface area (Å²) in [6.07, 6.45) is 2.66. The van der Waals surface area contributed by atoms with Gasteiger partial charge >= 0.3 is 23.1 Å². The molecule has 0 fully saturated rings. The molecule has 0 unspecified atom stereocenters. The van der Waals surface area contributed by atoms with E-state index in [1.165, 1.54) is 0 Å². The van der Waals surface area contributed by atoms with E-state index < -0.39 is 0 Å². The number of imidazole rings is 1. The number of para-hydroxylation sites is 2. The van der Waals surface area contributed by atoms with Crippen molar-refractivity contribution in [3.05, 3.63) is 30.6 Å². The van der Waals surface area contributed by atoms with Crippen molar-refractivity contribution in [2.45, 2.75) is 0 Å². The maximum atomic E-state index is 3.94. The first-order valence-corrected chi connectivity index (χ1v) is 2.77. The summed E-state index contributed by atoms with van der Waals surface area (Å²) in [5.41, 5.74) is 2.01. The third kappa shape index (κ3) is 2.09. The van der Waals surface area contributed by atoms with Crippen LogP contribution in [0.3, 0.4) is 0 Å². The quantitative estimate of drug-likeness (QED) is 0.365. The number of rotatable bonds is 0. The SMILES string of the molecule is [Cl-].[Mg+2].[c-]1nc2ccccc2[nH]1. The second kappa shape index (κ2) is 4.59. The van der Waals surface area contributed by atoms with Crippen molar-refractivity contribution < 1.29 is 12.4 Å². The van der Waals surface area contributed by atoms with Crippen LogP contribution in [-0.4, -0.2) is 33.0 Å². The zero-order valence-corrected chi connectivity index (χ0v) is 8.01. The van der Waals surface area contributed by atoms with Gasteiger partial charge in [0.15, 0.2) is 0 Å². The van der Waals surface area contributed by atoms with Crippen molar-refractivity contribution in [3.8, 4) is 0 Å². The molecule has 1 aromatic carbocycles. The minimum atomic E-state index is 0. The summed E-state index contributed by atoms with van der Waals surface area (Å²) in [7, 11) is 0. The maximum absolute atomic E-state index is 3.94. The molecule has 0 aliphatic rings. The monoisotopic (exact) mass is 176 g/mol. The summed E-state index contributed by atoms with van der Waals surface area (Å²) in [5.74, 6) is 0. The van der Waals surface area contributed by atoms with Crippen LogP contribution >= 0.6 is 0 Å². The van der Waals surface area contributed by atoms with Crippen LogP contribution in [0.5, 0.6) is 0 Å². The van der Waals surface area contributed by atoms with E-state index in [9.17, 15) is 0 Å². The van der Waals surface area contributed by atoms with Crippen LogP contribution < -0.4 is 12.4 Å². The summed E-state index contributed by atoms with van der Waals surface area (Å²) >= 11 is 0. The molecule has 0 aliphatic heterocycles. The number of H-pyrrole nitrogens is 1. The van der Waals surface area contributed by atoms with Crippen LogP contribution in [0.2, 0.25) is 0 Å². The average Bonchev–Trinajstić information content (AvgIpc) is 2.33. The van der Waals surface area contributed by atoms with Gasteiger partial charge in [0.25, 0.3) is 0 Å². The van der Waals surface area contributed by atoms with Crippen molar-refractivity contribution in [1.29, 1.82) is 0 Å². The van der Waals surface area contributed by atoms with Gasteiger partial charge in [0.2, 0.25) is 0 Å². The molecular weight excluding hydrogens is 172 g/mol. The normalized spacial score (nSPS) is 8.36. The molecule has 0 saturated carbocycles. The third-order valence-corrected chi connectivity index (χ3v) is 1.27. The fourth-order valence-electron chi connectivity index (χ4n) is 0.825. The summed E-state index contributed by atoms with van der Waals surface area (Å²) in [5, 5.41) is 0. The van der Waals surface area contributed by atoms with E-state index in [4.69, 9.17) is 0 Å². The summed E-state index contributed by atoms with van der Waals surface area (Å²) in [6.45, 7) is 0. The Kier molecular flexibility index (Phi) is 4.48. The Hall–Kier alpha value is -0.254. The molecule has 52 valence electrons. The first kappa shape index (κ1) is 10.7. The van der Waals surface area contributed by atoms with E-state index in [0.717, 1.165) is 11.0 Å². The van der Waals surface area contributed by atoms with Gasteiger partial charge in [-0.3, -0.25) is 0 Å². The van der Waals surface area contributed by atoms with Gasteiger partial charge in [0.1, 0.15) is 0 Å². The van der Waals surface area contributed by atoms with Gasteiger partial charge in [0, 0.05) is 0 Å². The summed E-state index contributed by atoms with van der Waals surface area (Å²) < 4.78 is 0. The fourth-order valence-corrected chi connectivity index (χ4v) is 0.825. The second-order valence-corrected chi connectivity index (χ2v) is 1.87. The van der Waals surface area contributed by atoms with E-state index in [-0.39, 0.29) is 35.5 Å². The van der Waals surface area contributed by atoms with Crippen LogP contribution in [-0.2, 0) is 0 Å². The molecule has 0 atom stereocenters. The molecular formula is C7H5ClMgN2.